The number of imidazole rings is 1. The predicted octanol–water partition coefficient (Wildman–Crippen LogP) is 3.18. The maximum absolute atomic E-state index is 12.0. The van der Waals surface area contributed by atoms with E-state index in [-0.39, 0.29) is 5.91 Å². The standard InChI is InChI=1S/C22H26N4O2/c1-16-23-20(21-5-3-4-10-26(16)21)15-25-11-8-17-6-7-19(13-18(17)14-25)24-22(27)9-12-28-2/h3-7,10,13H,8-9,11-12,14-15H2,1-2H3,(H,24,27). The van der Waals surface area contributed by atoms with E-state index >= 15 is 0 Å². The highest BCUT2D eigenvalue weighted by Crippen LogP contribution is 2.25. The van der Waals surface area contributed by atoms with Gasteiger partial charge in [0.25, 0.3) is 0 Å². The van der Waals surface area contributed by atoms with Crippen LogP contribution in [0.25, 0.3) is 5.52 Å². The average Bonchev–Trinajstić information content (AvgIpc) is 3.02. The molecule has 0 fully saturated rings. The molecule has 0 spiro atoms. The SMILES string of the molecule is COCCC(=O)Nc1ccc2c(c1)CN(Cc1nc(C)n3ccccc13)CC2. The van der Waals surface area contributed by atoms with Crippen LogP contribution in [0.15, 0.2) is 42.6 Å². The van der Waals surface area contributed by atoms with Gasteiger partial charge in [0, 0.05) is 38.6 Å². The summed E-state index contributed by atoms with van der Waals surface area (Å²) in [7, 11) is 1.60. The summed E-state index contributed by atoms with van der Waals surface area (Å²) in [5.41, 5.74) is 5.77. The Labute approximate surface area is 165 Å². The lowest BCUT2D eigenvalue weighted by molar-refractivity contribution is -0.117. The molecule has 0 aliphatic carbocycles. The van der Waals surface area contributed by atoms with E-state index in [0.717, 1.165) is 43.3 Å². The molecule has 0 saturated heterocycles. The molecular weight excluding hydrogens is 352 g/mol. The molecule has 6 nitrogen and oxygen atoms in total. The van der Waals surface area contributed by atoms with Gasteiger partial charge in [-0.05, 0) is 48.7 Å². The fraction of sp³-hybridized carbons (Fsp3) is 0.364. The Balaban J connectivity index is 1.47. The molecular formula is C22H26N4O2. The number of fused-ring (bicyclic) bond motifs is 2. The zero-order chi connectivity index (χ0) is 19.5. The number of aryl methyl sites for hydroxylation is 1. The molecule has 1 amide bonds. The minimum atomic E-state index is -0.0191. The van der Waals surface area contributed by atoms with E-state index in [9.17, 15) is 4.79 Å². The molecule has 146 valence electrons. The van der Waals surface area contributed by atoms with Gasteiger partial charge in [-0.25, -0.2) is 4.98 Å². The van der Waals surface area contributed by atoms with Crippen molar-refractivity contribution in [2.24, 2.45) is 0 Å². The second-order valence-electron chi connectivity index (χ2n) is 7.30. The number of nitrogens with zero attached hydrogens (tertiary/aromatic N) is 3. The number of hydrogen-bond acceptors (Lipinski definition) is 4. The first kappa shape index (κ1) is 18.7. The number of rotatable bonds is 6. The molecule has 1 aliphatic heterocycles. The van der Waals surface area contributed by atoms with Crippen molar-refractivity contribution in [1.82, 2.24) is 14.3 Å². The molecule has 3 aromatic rings. The van der Waals surface area contributed by atoms with Gasteiger partial charge in [0.05, 0.1) is 24.2 Å². The van der Waals surface area contributed by atoms with Crippen LogP contribution < -0.4 is 5.32 Å². The molecule has 2 aromatic heterocycles. The zero-order valence-corrected chi connectivity index (χ0v) is 16.4. The van der Waals surface area contributed by atoms with Crippen molar-refractivity contribution in [3.8, 4) is 0 Å². The summed E-state index contributed by atoms with van der Waals surface area (Å²) in [6.45, 7) is 5.17. The molecule has 0 unspecified atom stereocenters. The van der Waals surface area contributed by atoms with E-state index in [1.807, 2.05) is 19.1 Å². The third-order valence-electron chi connectivity index (χ3n) is 5.29. The van der Waals surface area contributed by atoms with Crippen LogP contribution in [0.5, 0.6) is 0 Å². The van der Waals surface area contributed by atoms with Crippen LogP contribution in [-0.4, -0.2) is 40.5 Å². The van der Waals surface area contributed by atoms with Gasteiger partial charge in [0.2, 0.25) is 5.91 Å². The largest absolute Gasteiger partial charge is 0.384 e. The first-order chi connectivity index (χ1) is 13.6. The molecule has 1 aromatic carbocycles. The highest BCUT2D eigenvalue weighted by molar-refractivity contribution is 5.90. The van der Waals surface area contributed by atoms with Crippen molar-refractivity contribution in [1.29, 1.82) is 0 Å². The molecule has 0 atom stereocenters. The molecule has 6 heteroatoms. The van der Waals surface area contributed by atoms with E-state index in [4.69, 9.17) is 9.72 Å². The van der Waals surface area contributed by atoms with Crippen LogP contribution in [0.3, 0.4) is 0 Å². The number of benzene rings is 1. The van der Waals surface area contributed by atoms with Crippen molar-refractivity contribution >= 4 is 17.1 Å². The van der Waals surface area contributed by atoms with E-state index in [0.29, 0.717) is 13.0 Å². The summed E-state index contributed by atoms with van der Waals surface area (Å²) in [4.78, 5) is 19.2. The number of anilines is 1. The quantitative estimate of drug-likeness (QED) is 0.716. The minimum Gasteiger partial charge on any atom is -0.384 e. The lowest BCUT2D eigenvalue weighted by Crippen LogP contribution is -2.30. The molecule has 1 N–H and O–H groups in total. The van der Waals surface area contributed by atoms with Crippen LogP contribution in [0.2, 0.25) is 0 Å². The molecule has 28 heavy (non-hydrogen) atoms. The Bertz CT molecular complexity index is 995. The Morgan fingerprint density at radius 2 is 2.14 bits per heavy atom. The first-order valence-corrected chi connectivity index (χ1v) is 9.69. The maximum atomic E-state index is 12.0. The van der Waals surface area contributed by atoms with Crippen LogP contribution in [0, 0.1) is 6.92 Å². The summed E-state index contributed by atoms with van der Waals surface area (Å²) < 4.78 is 7.11. The minimum absolute atomic E-state index is 0.0191. The lowest BCUT2D eigenvalue weighted by atomic mass is 9.99. The smallest absolute Gasteiger partial charge is 0.226 e. The molecule has 3 heterocycles. The fourth-order valence-electron chi connectivity index (χ4n) is 3.84. The number of ether oxygens (including phenoxy) is 1. The van der Waals surface area contributed by atoms with Crippen molar-refractivity contribution in [3.05, 3.63) is 65.2 Å². The van der Waals surface area contributed by atoms with E-state index in [2.05, 4.69) is 45.1 Å². The predicted molar refractivity (Wildman–Crippen MR) is 109 cm³/mol. The molecule has 0 bridgehead atoms. The van der Waals surface area contributed by atoms with Crippen molar-refractivity contribution in [2.75, 3.05) is 25.6 Å². The van der Waals surface area contributed by atoms with Gasteiger partial charge in [-0.2, -0.15) is 0 Å². The lowest BCUT2D eigenvalue weighted by Gasteiger charge is -2.28. The third-order valence-corrected chi connectivity index (χ3v) is 5.29. The third kappa shape index (κ3) is 3.93. The number of carbonyl (C=O) groups is 1. The number of nitrogens with one attached hydrogen (secondary N) is 1. The first-order valence-electron chi connectivity index (χ1n) is 9.69. The molecule has 0 saturated carbocycles. The van der Waals surface area contributed by atoms with Gasteiger partial charge >= 0.3 is 0 Å². The van der Waals surface area contributed by atoms with Crippen molar-refractivity contribution in [3.63, 3.8) is 0 Å². The number of aromatic nitrogens is 2. The van der Waals surface area contributed by atoms with Gasteiger partial charge in [-0.15, -0.1) is 0 Å². The second-order valence-corrected chi connectivity index (χ2v) is 7.30. The average molecular weight is 378 g/mol. The van der Waals surface area contributed by atoms with Gasteiger partial charge in [0.1, 0.15) is 5.82 Å². The van der Waals surface area contributed by atoms with Crippen LogP contribution in [0.1, 0.15) is 29.1 Å². The van der Waals surface area contributed by atoms with Gasteiger partial charge in [-0.1, -0.05) is 12.1 Å². The van der Waals surface area contributed by atoms with Gasteiger partial charge < -0.3 is 14.5 Å². The summed E-state index contributed by atoms with van der Waals surface area (Å²) in [6, 6.07) is 12.4. The normalized spacial score (nSPS) is 14.2. The number of hydrogen-bond donors (Lipinski definition) is 1. The number of amides is 1. The highest BCUT2D eigenvalue weighted by atomic mass is 16.5. The maximum Gasteiger partial charge on any atom is 0.226 e. The number of pyridine rings is 1. The zero-order valence-electron chi connectivity index (χ0n) is 16.4. The topological polar surface area (TPSA) is 58.9 Å². The van der Waals surface area contributed by atoms with E-state index in [1.165, 1.54) is 16.6 Å². The monoisotopic (exact) mass is 378 g/mol. The number of methoxy groups -OCH3 is 1. The Kier molecular flexibility index (Phi) is 5.41. The fourth-order valence-corrected chi connectivity index (χ4v) is 3.84. The van der Waals surface area contributed by atoms with Crippen LogP contribution >= 0.6 is 0 Å². The Hall–Kier alpha value is -2.70. The van der Waals surface area contributed by atoms with Crippen LogP contribution in [0.4, 0.5) is 5.69 Å². The Morgan fingerprint density at radius 1 is 1.25 bits per heavy atom. The molecule has 0 radical (unpaired) electrons. The van der Waals surface area contributed by atoms with Gasteiger partial charge in [0.15, 0.2) is 0 Å². The Morgan fingerprint density at radius 3 is 3.00 bits per heavy atom. The summed E-state index contributed by atoms with van der Waals surface area (Å²) in [5, 5.41) is 2.97. The van der Waals surface area contributed by atoms with Gasteiger partial charge in [-0.3, -0.25) is 9.69 Å². The summed E-state index contributed by atoms with van der Waals surface area (Å²) >= 11 is 0. The number of carbonyl (C=O) groups excluding carboxylic acids is 1. The summed E-state index contributed by atoms with van der Waals surface area (Å²) in [5.74, 6) is 0.999. The highest BCUT2D eigenvalue weighted by Gasteiger charge is 2.19. The van der Waals surface area contributed by atoms with Crippen LogP contribution in [-0.2, 0) is 29.0 Å². The van der Waals surface area contributed by atoms with E-state index < -0.39 is 0 Å². The van der Waals surface area contributed by atoms with Crippen molar-refractivity contribution in [2.45, 2.75) is 32.9 Å². The second kappa shape index (κ2) is 8.12. The van der Waals surface area contributed by atoms with Crippen molar-refractivity contribution < 1.29 is 9.53 Å². The molecule has 4 rings (SSSR count). The summed E-state index contributed by atoms with van der Waals surface area (Å²) in [6.07, 6.45) is 3.44. The van der Waals surface area contributed by atoms with E-state index in [1.54, 1.807) is 7.11 Å². The molecule has 1 aliphatic rings.